The minimum absolute atomic E-state index is 0.256. The number of fused-ring (bicyclic) bond motifs is 1. The molecule has 0 saturated carbocycles. The van der Waals surface area contributed by atoms with Crippen LogP contribution in [-0.4, -0.2) is 33.8 Å². The van der Waals surface area contributed by atoms with Crippen molar-refractivity contribution in [3.63, 3.8) is 0 Å². The van der Waals surface area contributed by atoms with Gasteiger partial charge in [0.25, 0.3) is 5.91 Å². The number of methoxy groups -OCH3 is 1. The Labute approximate surface area is 186 Å². The van der Waals surface area contributed by atoms with Crippen molar-refractivity contribution in [3.8, 4) is 5.88 Å². The molecule has 0 bridgehead atoms. The number of aryl methyl sites for hydroxylation is 2. The Bertz CT molecular complexity index is 1310. The summed E-state index contributed by atoms with van der Waals surface area (Å²) < 4.78 is 6.98. The van der Waals surface area contributed by atoms with Crippen LogP contribution in [0.25, 0.3) is 10.9 Å². The van der Waals surface area contributed by atoms with E-state index in [4.69, 9.17) is 10.1 Å². The van der Waals surface area contributed by atoms with E-state index < -0.39 is 0 Å². The molecule has 0 radical (unpaired) electrons. The van der Waals surface area contributed by atoms with E-state index in [9.17, 15) is 4.79 Å². The SMILES string of the molecule is COc1cccc(CNC(=O)c2c(C=N)c3ccc(Cc4cccc(C)n4)cc3n2C)n1. The molecule has 7 nitrogen and oxygen atoms in total. The van der Waals surface area contributed by atoms with Crippen molar-refractivity contribution >= 4 is 23.0 Å². The summed E-state index contributed by atoms with van der Waals surface area (Å²) >= 11 is 0. The zero-order valence-corrected chi connectivity index (χ0v) is 18.3. The van der Waals surface area contributed by atoms with Gasteiger partial charge in [-0.2, -0.15) is 0 Å². The zero-order valence-electron chi connectivity index (χ0n) is 18.3. The topological polar surface area (TPSA) is 92.9 Å². The molecule has 0 aliphatic carbocycles. The number of carbonyl (C=O) groups is 1. The van der Waals surface area contributed by atoms with Crippen LogP contribution in [0.2, 0.25) is 0 Å². The van der Waals surface area contributed by atoms with Gasteiger partial charge in [-0.15, -0.1) is 0 Å². The molecule has 0 unspecified atom stereocenters. The van der Waals surface area contributed by atoms with Gasteiger partial charge in [-0.1, -0.05) is 24.3 Å². The number of amides is 1. The van der Waals surface area contributed by atoms with Gasteiger partial charge in [-0.3, -0.25) is 9.78 Å². The monoisotopic (exact) mass is 427 g/mol. The van der Waals surface area contributed by atoms with Crippen LogP contribution >= 0.6 is 0 Å². The second-order valence-electron chi connectivity index (χ2n) is 7.62. The van der Waals surface area contributed by atoms with Crippen LogP contribution in [0.5, 0.6) is 5.88 Å². The predicted octanol–water partition coefficient (Wildman–Crippen LogP) is 3.80. The highest BCUT2D eigenvalue weighted by Crippen LogP contribution is 2.26. The first-order valence-electron chi connectivity index (χ1n) is 10.3. The summed E-state index contributed by atoms with van der Waals surface area (Å²) in [5, 5.41) is 11.7. The number of nitrogens with one attached hydrogen (secondary N) is 2. The summed E-state index contributed by atoms with van der Waals surface area (Å²) in [6, 6.07) is 17.5. The second kappa shape index (κ2) is 9.01. The zero-order chi connectivity index (χ0) is 22.7. The van der Waals surface area contributed by atoms with Crippen molar-refractivity contribution < 1.29 is 9.53 Å². The van der Waals surface area contributed by atoms with E-state index in [1.807, 2.05) is 61.0 Å². The smallest absolute Gasteiger partial charge is 0.268 e. The van der Waals surface area contributed by atoms with Gasteiger partial charge in [0.15, 0.2) is 0 Å². The summed E-state index contributed by atoms with van der Waals surface area (Å²) in [6.45, 7) is 2.24. The molecule has 0 aliphatic heterocycles. The first kappa shape index (κ1) is 21.2. The van der Waals surface area contributed by atoms with Crippen LogP contribution in [0.4, 0.5) is 0 Å². The molecular weight excluding hydrogens is 402 g/mol. The van der Waals surface area contributed by atoms with Crippen LogP contribution in [0.15, 0.2) is 54.6 Å². The minimum Gasteiger partial charge on any atom is -0.481 e. The quantitative estimate of drug-likeness (QED) is 0.439. The highest BCUT2D eigenvalue weighted by Gasteiger charge is 2.20. The number of rotatable bonds is 7. The lowest BCUT2D eigenvalue weighted by Gasteiger charge is -2.08. The first-order valence-corrected chi connectivity index (χ1v) is 10.3. The fraction of sp³-hybridized carbons (Fsp3) is 0.200. The summed E-state index contributed by atoms with van der Waals surface area (Å²) in [5.74, 6) is 0.242. The number of pyridine rings is 2. The predicted molar refractivity (Wildman–Crippen MR) is 125 cm³/mol. The first-order chi connectivity index (χ1) is 15.5. The standard InChI is InChI=1S/C25H25N5O2/c1-16-6-4-7-18(28-16)12-17-10-11-20-21(14-26)24(30(2)22(20)13-17)25(31)27-15-19-8-5-9-23(29-19)32-3/h4-11,13-14,26H,12,15H2,1-3H3,(H,27,31). The van der Waals surface area contributed by atoms with E-state index in [1.165, 1.54) is 6.21 Å². The summed E-state index contributed by atoms with van der Waals surface area (Å²) in [6.07, 6.45) is 1.94. The van der Waals surface area contributed by atoms with Gasteiger partial charge in [-0.05, 0) is 36.8 Å². The van der Waals surface area contributed by atoms with Gasteiger partial charge in [0, 0.05) is 53.6 Å². The molecule has 7 heteroatoms. The molecule has 32 heavy (non-hydrogen) atoms. The molecular formula is C25H25N5O2. The molecule has 3 aromatic heterocycles. The van der Waals surface area contributed by atoms with Gasteiger partial charge < -0.3 is 20.0 Å². The number of ether oxygens (including phenoxy) is 1. The van der Waals surface area contributed by atoms with Crippen molar-refractivity contribution in [2.75, 3.05) is 7.11 Å². The average molecular weight is 428 g/mol. The summed E-state index contributed by atoms with van der Waals surface area (Å²) in [5.41, 5.74) is 5.72. The van der Waals surface area contributed by atoms with E-state index in [0.29, 0.717) is 29.3 Å². The van der Waals surface area contributed by atoms with Gasteiger partial charge in [0.05, 0.1) is 19.3 Å². The van der Waals surface area contributed by atoms with Crippen molar-refractivity contribution in [2.24, 2.45) is 7.05 Å². The van der Waals surface area contributed by atoms with Gasteiger partial charge in [0.2, 0.25) is 5.88 Å². The lowest BCUT2D eigenvalue weighted by atomic mass is 10.1. The fourth-order valence-corrected chi connectivity index (χ4v) is 3.87. The van der Waals surface area contributed by atoms with Crippen molar-refractivity contribution in [1.82, 2.24) is 19.9 Å². The van der Waals surface area contributed by atoms with Gasteiger partial charge in [-0.25, -0.2) is 4.98 Å². The third-order valence-corrected chi connectivity index (χ3v) is 5.42. The van der Waals surface area contributed by atoms with Crippen molar-refractivity contribution in [1.29, 1.82) is 5.41 Å². The summed E-state index contributed by atoms with van der Waals surface area (Å²) in [4.78, 5) is 22.0. The molecule has 2 N–H and O–H groups in total. The lowest BCUT2D eigenvalue weighted by molar-refractivity contribution is 0.0942. The lowest BCUT2D eigenvalue weighted by Crippen LogP contribution is -2.26. The highest BCUT2D eigenvalue weighted by molar-refractivity contribution is 6.10. The number of hydrogen-bond donors (Lipinski definition) is 2. The molecule has 0 aliphatic rings. The molecule has 4 aromatic rings. The van der Waals surface area contributed by atoms with Crippen LogP contribution in [-0.2, 0) is 20.0 Å². The van der Waals surface area contributed by atoms with Crippen molar-refractivity contribution in [2.45, 2.75) is 19.9 Å². The Morgan fingerprint density at radius 1 is 1.12 bits per heavy atom. The third-order valence-electron chi connectivity index (χ3n) is 5.42. The van der Waals surface area contributed by atoms with E-state index in [-0.39, 0.29) is 12.5 Å². The largest absolute Gasteiger partial charge is 0.481 e. The van der Waals surface area contributed by atoms with E-state index in [2.05, 4.69) is 21.4 Å². The summed E-state index contributed by atoms with van der Waals surface area (Å²) in [7, 11) is 3.41. The Hall–Kier alpha value is -4.00. The molecule has 0 spiro atoms. The molecule has 3 heterocycles. The normalized spacial score (nSPS) is 10.8. The van der Waals surface area contributed by atoms with Crippen LogP contribution in [0.1, 0.15) is 38.7 Å². The molecule has 0 fully saturated rings. The average Bonchev–Trinajstić information content (AvgIpc) is 3.09. The van der Waals surface area contributed by atoms with Crippen LogP contribution in [0.3, 0.4) is 0 Å². The Kier molecular flexibility index (Phi) is 5.98. The van der Waals surface area contributed by atoms with Gasteiger partial charge in [0.1, 0.15) is 5.69 Å². The fourth-order valence-electron chi connectivity index (χ4n) is 3.87. The Morgan fingerprint density at radius 2 is 1.91 bits per heavy atom. The third kappa shape index (κ3) is 4.23. The molecule has 0 atom stereocenters. The number of benzene rings is 1. The van der Waals surface area contributed by atoms with Crippen molar-refractivity contribution in [3.05, 3.63) is 88.5 Å². The molecule has 4 rings (SSSR count). The van der Waals surface area contributed by atoms with E-state index in [1.54, 1.807) is 13.2 Å². The van der Waals surface area contributed by atoms with Crippen LogP contribution in [0, 0.1) is 12.3 Å². The van der Waals surface area contributed by atoms with Crippen LogP contribution < -0.4 is 10.1 Å². The van der Waals surface area contributed by atoms with Gasteiger partial charge >= 0.3 is 0 Å². The molecule has 1 amide bonds. The Morgan fingerprint density at radius 3 is 2.66 bits per heavy atom. The molecule has 0 saturated heterocycles. The molecule has 162 valence electrons. The number of hydrogen-bond acceptors (Lipinski definition) is 5. The number of nitrogens with zero attached hydrogens (tertiary/aromatic N) is 3. The maximum Gasteiger partial charge on any atom is 0.268 e. The maximum atomic E-state index is 13.1. The second-order valence-corrected chi connectivity index (χ2v) is 7.62. The minimum atomic E-state index is -0.256. The maximum absolute atomic E-state index is 13.1. The molecule has 1 aromatic carbocycles. The van der Waals surface area contributed by atoms with E-state index in [0.717, 1.165) is 27.9 Å². The highest BCUT2D eigenvalue weighted by atomic mass is 16.5. The number of aromatic nitrogens is 3. The van der Waals surface area contributed by atoms with E-state index >= 15 is 0 Å². The number of carbonyl (C=O) groups excluding carboxylic acids is 1. The Balaban J connectivity index is 1.62.